The minimum absolute atomic E-state index is 0.0122. The molecule has 39 heavy (non-hydrogen) atoms. The van der Waals surface area contributed by atoms with E-state index in [2.05, 4.69) is 5.32 Å². The fraction of sp³-hybridized carbons (Fsp3) is 0.310. The molecule has 0 aliphatic carbocycles. The van der Waals surface area contributed by atoms with Gasteiger partial charge >= 0.3 is 0 Å². The van der Waals surface area contributed by atoms with Gasteiger partial charge in [0.15, 0.2) is 0 Å². The highest BCUT2D eigenvalue weighted by atomic mass is 35.5. The molecule has 0 aliphatic heterocycles. The maximum atomic E-state index is 13.9. The molecule has 1 N–H and O–H groups in total. The summed E-state index contributed by atoms with van der Waals surface area (Å²) in [5.41, 5.74) is 2.80. The van der Waals surface area contributed by atoms with Crippen LogP contribution in [0.5, 0.6) is 0 Å². The average Bonchev–Trinajstić information content (AvgIpc) is 2.91. The number of anilines is 1. The van der Waals surface area contributed by atoms with Gasteiger partial charge in [-0.15, -0.1) is 0 Å². The molecule has 0 heterocycles. The zero-order chi connectivity index (χ0) is 28.7. The summed E-state index contributed by atoms with van der Waals surface area (Å²) in [5.74, 6) is -0.906. The van der Waals surface area contributed by atoms with Gasteiger partial charge in [0, 0.05) is 23.1 Å². The third-order valence-corrected chi connectivity index (χ3v) is 8.84. The van der Waals surface area contributed by atoms with Crippen molar-refractivity contribution in [2.75, 3.05) is 17.4 Å². The average molecular weight is 591 g/mol. The highest BCUT2D eigenvalue weighted by molar-refractivity contribution is 7.92. The molecule has 0 saturated heterocycles. The summed E-state index contributed by atoms with van der Waals surface area (Å²) in [5, 5.41) is 3.59. The zero-order valence-corrected chi connectivity index (χ0v) is 24.8. The topological polar surface area (TPSA) is 86.8 Å². The molecule has 3 rings (SSSR count). The van der Waals surface area contributed by atoms with Crippen LogP contribution in [-0.2, 0) is 26.2 Å². The van der Waals surface area contributed by atoms with Crippen LogP contribution in [0.3, 0.4) is 0 Å². The number of hydrogen-bond acceptors (Lipinski definition) is 4. The normalized spacial score (nSPS) is 12.1. The van der Waals surface area contributed by atoms with E-state index >= 15 is 0 Å². The van der Waals surface area contributed by atoms with Gasteiger partial charge < -0.3 is 10.2 Å². The minimum atomic E-state index is -4.12. The summed E-state index contributed by atoms with van der Waals surface area (Å²) in [6, 6.07) is 17.2. The van der Waals surface area contributed by atoms with Gasteiger partial charge in [-0.05, 0) is 80.3 Å². The van der Waals surface area contributed by atoms with Crippen LogP contribution >= 0.6 is 23.2 Å². The summed E-state index contributed by atoms with van der Waals surface area (Å²) < 4.78 is 28.7. The monoisotopic (exact) mass is 589 g/mol. The van der Waals surface area contributed by atoms with Crippen molar-refractivity contribution in [3.63, 3.8) is 0 Å². The number of hydrogen-bond donors (Lipinski definition) is 1. The highest BCUT2D eigenvalue weighted by Crippen LogP contribution is 2.27. The molecular weight excluding hydrogens is 557 g/mol. The van der Waals surface area contributed by atoms with Crippen molar-refractivity contribution in [3.8, 4) is 0 Å². The number of nitrogens with one attached hydrogen (secondary N) is 1. The van der Waals surface area contributed by atoms with Gasteiger partial charge in [-0.3, -0.25) is 13.9 Å². The highest BCUT2D eigenvalue weighted by Gasteiger charge is 2.32. The Morgan fingerprint density at radius 1 is 0.949 bits per heavy atom. The standard InChI is InChI=1S/C29H33Cl2N3O4S/c1-5-15-32-29(36)22(4)33(18-23-12-13-24(30)17-27(23)31)28(35)19-34(25-14-11-20(2)21(3)16-25)39(37,38)26-9-7-6-8-10-26/h6-14,16-17,22H,5,15,18-19H2,1-4H3,(H,32,36)/t22-/m1/s1. The smallest absolute Gasteiger partial charge is 0.264 e. The van der Waals surface area contributed by atoms with Crippen molar-refractivity contribution in [1.29, 1.82) is 0 Å². The molecule has 0 bridgehead atoms. The van der Waals surface area contributed by atoms with E-state index in [4.69, 9.17) is 23.2 Å². The van der Waals surface area contributed by atoms with E-state index in [9.17, 15) is 18.0 Å². The van der Waals surface area contributed by atoms with Gasteiger partial charge in [0.1, 0.15) is 12.6 Å². The fourth-order valence-electron chi connectivity index (χ4n) is 3.94. The summed E-state index contributed by atoms with van der Waals surface area (Å²) in [6.07, 6.45) is 0.727. The molecule has 0 unspecified atom stereocenters. The number of rotatable bonds is 11. The number of benzene rings is 3. The van der Waals surface area contributed by atoms with Gasteiger partial charge in [-0.1, -0.05) is 60.5 Å². The Bertz CT molecular complexity index is 1430. The Kier molecular flexibility index (Phi) is 10.4. The number of nitrogens with zero attached hydrogens (tertiary/aromatic N) is 2. The van der Waals surface area contributed by atoms with E-state index in [1.165, 1.54) is 17.0 Å². The van der Waals surface area contributed by atoms with Crippen molar-refractivity contribution in [3.05, 3.63) is 93.5 Å². The van der Waals surface area contributed by atoms with Crippen molar-refractivity contribution >= 4 is 50.7 Å². The first-order valence-corrected chi connectivity index (χ1v) is 14.8. The van der Waals surface area contributed by atoms with Crippen LogP contribution < -0.4 is 9.62 Å². The third-order valence-electron chi connectivity index (χ3n) is 6.46. The maximum Gasteiger partial charge on any atom is 0.264 e. The molecule has 3 aromatic rings. The molecule has 0 aromatic heterocycles. The SMILES string of the molecule is CCCNC(=O)[C@@H](C)N(Cc1ccc(Cl)cc1Cl)C(=O)CN(c1ccc(C)c(C)c1)S(=O)(=O)c1ccccc1. The van der Waals surface area contributed by atoms with Crippen LogP contribution in [0, 0.1) is 13.8 Å². The number of halogens is 2. The summed E-state index contributed by atoms with van der Waals surface area (Å²) >= 11 is 12.5. The first kappa shape index (κ1) is 30.5. The van der Waals surface area contributed by atoms with Crippen LogP contribution in [0.1, 0.15) is 37.0 Å². The van der Waals surface area contributed by atoms with Gasteiger partial charge in [-0.25, -0.2) is 8.42 Å². The van der Waals surface area contributed by atoms with E-state index < -0.39 is 28.5 Å². The van der Waals surface area contributed by atoms with Crippen LogP contribution in [0.25, 0.3) is 0 Å². The second-order valence-electron chi connectivity index (χ2n) is 9.32. The molecule has 0 fully saturated rings. The predicted octanol–water partition coefficient (Wildman–Crippen LogP) is 5.75. The lowest BCUT2D eigenvalue weighted by atomic mass is 10.1. The Labute approximate surface area is 240 Å². The van der Waals surface area contributed by atoms with Gasteiger partial charge in [-0.2, -0.15) is 0 Å². The van der Waals surface area contributed by atoms with Gasteiger partial charge in [0.2, 0.25) is 11.8 Å². The fourth-order valence-corrected chi connectivity index (χ4v) is 5.84. The number of carbonyl (C=O) groups excluding carboxylic acids is 2. The molecular formula is C29H33Cl2N3O4S. The Morgan fingerprint density at radius 3 is 2.26 bits per heavy atom. The third kappa shape index (κ3) is 7.53. The first-order chi connectivity index (χ1) is 18.4. The lowest BCUT2D eigenvalue weighted by Gasteiger charge is -2.32. The van der Waals surface area contributed by atoms with E-state index in [1.54, 1.807) is 55.5 Å². The summed E-state index contributed by atoms with van der Waals surface area (Å²) in [4.78, 5) is 28.3. The van der Waals surface area contributed by atoms with E-state index in [-0.39, 0.29) is 17.3 Å². The van der Waals surface area contributed by atoms with Crippen LogP contribution in [-0.4, -0.2) is 44.3 Å². The molecule has 7 nitrogen and oxygen atoms in total. The quantitative estimate of drug-likeness (QED) is 0.308. The number of sulfonamides is 1. The lowest BCUT2D eigenvalue weighted by Crippen LogP contribution is -2.51. The van der Waals surface area contributed by atoms with Gasteiger partial charge in [0.05, 0.1) is 10.6 Å². The summed E-state index contributed by atoms with van der Waals surface area (Å²) in [7, 11) is -4.12. The molecule has 0 spiro atoms. The maximum absolute atomic E-state index is 13.9. The van der Waals surface area contributed by atoms with Crippen LogP contribution in [0.2, 0.25) is 10.0 Å². The van der Waals surface area contributed by atoms with Crippen molar-refractivity contribution in [1.82, 2.24) is 10.2 Å². The minimum Gasteiger partial charge on any atom is -0.354 e. The molecule has 0 saturated carbocycles. The lowest BCUT2D eigenvalue weighted by molar-refractivity contribution is -0.139. The molecule has 0 radical (unpaired) electrons. The zero-order valence-electron chi connectivity index (χ0n) is 22.4. The van der Waals surface area contributed by atoms with E-state index in [1.807, 2.05) is 26.8 Å². The van der Waals surface area contributed by atoms with Gasteiger partial charge in [0.25, 0.3) is 10.0 Å². The number of aryl methyl sites for hydroxylation is 2. The van der Waals surface area contributed by atoms with E-state index in [0.717, 1.165) is 21.9 Å². The molecule has 1 atom stereocenters. The largest absolute Gasteiger partial charge is 0.354 e. The molecule has 10 heteroatoms. The predicted molar refractivity (Wildman–Crippen MR) is 157 cm³/mol. The second kappa shape index (κ2) is 13.3. The Morgan fingerprint density at radius 2 is 1.64 bits per heavy atom. The Hall–Kier alpha value is -3.07. The summed E-state index contributed by atoms with van der Waals surface area (Å²) in [6.45, 7) is 7.26. The molecule has 0 aliphatic rings. The first-order valence-electron chi connectivity index (χ1n) is 12.6. The molecule has 208 valence electrons. The second-order valence-corrected chi connectivity index (χ2v) is 12.0. The van der Waals surface area contributed by atoms with Crippen molar-refractivity contribution in [2.24, 2.45) is 0 Å². The Balaban J connectivity index is 2.05. The number of amides is 2. The van der Waals surface area contributed by atoms with Crippen LogP contribution in [0.4, 0.5) is 5.69 Å². The molecule has 3 aromatic carbocycles. The molecule has 2 amide bonds. The van der Waals surface area contributed by atoms with Crippen molar-refractivity contribution in [2.45, 2.75) is 51.6 Å². The van der Waals surface area contributed by atoms with Crippen LogP contribution in [0.15, 0.2) is 71.6 Å². The van der Waals surface area contributed by atoms with Crippen molar-refractivity contribution < 1.29 is 18.0 Å². The van der Waals surface area contributed by atoms with E-state index in [0.29, 0.717) is 27.8 Å². The number of carbonyl (C=O) groups is 2.